The van der Waals surface area contributed by atoms with Crippen molar-refractivity contribution in [2.75, 3.05) is 25.5 Å². The van der Waals surface area contributed by atoms with Crippen LogP contribution in [0.25, 0.3) is 5.69 Å². The van der Waals surface area contributed by atoms with Crippen molar-refractivity contribution in [2.24, 2.45) is 0 Å². The first kappa shape index (κ1) is 20.4. The number of sulfonamides is 1. The number of nitrogens with zero attached hydrogens (tertiary/aromatic N) is 2. The first-order chi connectivity index (χ1) is 14.8. The van der Waals surface area contributed by atoms with E-state index in [1.807, 2.05) is 6.07 Å². The number of aryl methyl sites for hydroxylation is 1. The predicted octanol–water partition coefficient (Wildman–Crippen LogP) is 4.55. The van der Waals surface area contributed by atoms with Crippen LogP contribution in [0.4, 0.5) is 5.69 Å². The number of rotatable bonds is 3. The summed E-state index contributed by atoms with van der Waals surface area (Å²) in [7, 11) is -2.26. The van der Waals surface area contributed by atoms with Crippen LogP contribution in [0.15, 0.2) is 59.6 Å². The molecule has 0 bridgehead atoms. The summed E-state index contributed by atoms with van der Waals surface area (Å²) in [5.41, 5.74) is 4.24. The van der Waals surface area contributed by atoms with Gasteiger partial charge in [-0.2, -0.15) is 4.31 Å². The maximum absolute atomic E-state index is 13.4. The van der Waals surface area contributed by atoms with Crippen LogP contribution in [-0.2, 0) is 15.6 Å². The van der Waals surface area contributed by atoms with Crippen molar-refractivity contribution in [3.63, 3.8) is 0 Å². The molecule has 5 rings (SSSR count). The van der Waals surface area contributed by atoms with Crippen molar-refractivity contribution in [3.05, 3.63) is 71.0 Å². The second-order valence-electron chi connectivity index (χ2n) is 8.19. The van der Waals surface area contributed by atoms with Gasteiger partial charge in [0, 0.05) is 30.0 Å². The van der Waals surface area contributed by atoms with Crippen molar-refractivity contribution in [3.8, 4) is 11.4 Å². The number of nitrogens with one attached hydrogen (secondary N) is 1. The Kier molecular flexibility index (Phi) is 4.80. The highest BCUT2D eigenvalue weighted by atomic mass is 35.5. The molecule has 2 aliphatic rings. The lowest BCUT2D eigenvalue weighted by atomic mass is 9.83. The minimum atomic E-state index is -3.72. The summed E-state index contributed by atoms with van der Waals surface area (Å²) >= 11 is 6.09. The van der Waals surface area contributed by atoms with E-state index in [9.17, 15) is 8.42 Å². The minimum absolute atomic E-state index is 0.111. The number of methoxy groups -OCH3 is 1. The van der Waals surface area contributed by atoms with Crippen molar-refractivity contribution in [2.45, 2.75) is 30.2 Å². The highest BCUT2D eigenvalue weighted by molar-refractivity contribution is 7.89. The number of anilines is 1. The molecule has 0 saturated carbocycles. The Morgan fingerprint density at radius 1 is 1.10 bits per heavy atom. The fraction of sp³-hybridized carbons (Fsp3) is 0.304. The maximum atomic E-state index is 13.4. The molecule has 3 aromatic rings. The van der Waals surface area contributed by atoms with Gasteiger partial charge in [-0.1, -0.05) is 17.7 Å². The standard InChI is InChI=1S/C23H24ClN3O3S/c1-16-5-7-19-18(14-16)25-23(22-4-3-11-27(19)22)9-12-26(13-10-23)31(28,29)21-15-17(24)6-8-20(21)30-2/h3-8,11,14-15,25H,9-10,12-13H2,1-2H3. The number of piperidine rings is 1. The summed E-state index contributed by atoms with van der Waals surface area (Å²) < 4.78 is 35.8. The van der Waals surface area contributed by atoms with Gasteiger partial charge in [0.2, 0.25) is 10.0 Å². The molecule has 1 saturated heterocycles. The third-order valence-corrected chi connectivity index (χ3v) is 8.50. The van der Waals surface area contributed by atoms with Crippen LogP contribution in [0.5, 0.6) is 5.75 Å². The van der Waals surface area contributed by atoms with E-state index in [1.54, 1.807) is 12.1 Å². The zero-order chi connectivity index (χ0) is 21.8. The lowest BCUT2D eigenvalue weighted by Gasteiger charge is -2.46. The van der Waals surface area contributed by atoms with Gasteiger partial charge in [0.25, 0.3) is 0 Å². The van der Waals surface area contributed by atoms with Crippen LogP contribution in [0.2, 0.25) is 5.02 Å². The second kappa shape index (κ2) is 7.29. The molecule has 0 amide bonds. The largest absolute Gasteiger partial charge is 0.495 e. The molecule has 1 spiro atoms. The number of hydrogen-bond donors (Lipinski definition) is 1. The molecule has 31 heavy (non-hydrogen) atoms. The summed E-state index contributed by atoms with van der Waals surface area (Å²) in [4.78, 5) is 0.111. The van der Waals surface area contributed by atoms with E-state index in [4.69, 9.17) is 16.3 Å². The quantitative estimate of drug-likeness (QED) is 0.626. The minimum Gasteiger partial charge on any atom is -0.495 e. The van der Waals surface area contributed by atoms with Gasteiger partial charge in [0.15, 0.2) is 0 Å². The van der Waals surface area contributed by atoms with Crippen LogP contribution < -0.4 is 10.1 Å². The number of aromatic nitrogens is 1. The van der Waals surface area contributed by atoms with Gasteiger partial charge in [-0.05, 0) is 67.8 Å². The van der Waals surface area contributed by atoms with Gasteiger partial charge < -0.3 is 14.6 Å². The molecule has 1 N–H and O–H groups in total. The van der Waals surface area contributed by atoms with Gasteiger partial charge >= 0.3 is 0 Å². The Morgan fingerprint density at radius 2 is 1.87 bits per heavy atom. The third-order valence-electron chi connectivity index (χ3n) is 6.34. The Balaban J connectivity index is 1.47. The van der Waals surface area contributed by atoms with Gasteiger partial charge in [-0.15, -0.1) is 0 Å². The van der Waals surface area contributed by atoms with E-state index in [2.05, 4.69) is 47.3 Å². The average Bonchev–Trinajstić information content (AvgIpc) is 3.25. The third kappa shape index (κ3) is 3.23. The first-order valence-electron chi connectivity index (χ1n) is 10.2. The topological polar surface area (TPSA) is 63.6 Å². The summed E-state index contributed by atoms with van der Waals surface area (Å²) in [6.45, 7) is 2.88. The molecule has 0 atom stereocenters. The van der Waals surface area contributed by atoms with Crippen LogP contribution in [0.3, 0.4) is 0 Å². The SMILES string of the molecule is COc1ccc(Cl)cc1S(=O)(=O)N1CCC2(CC1)Nc1cc(C)ccc1-n1cccc12. The zero-order valence-electron chi connectivity index (χ0n) is 17.4. The van der Waals surface area contributed by atoms with E-state index in [-0.39, 0.29) is 10.4 Å². The van der Waals surface area contributed by atoms with Crippen molar-refractivity contribution in [1.29, 1.82) is 0 Å². The van der Waals surface area contributed by atoms with E-state index in [0.29, 0.717) is 36.7 Å². The highest BCUT2D eigenvalue weighted by Gasteiger charge is 2.44. The van der Waals surface area contributed by atoms with Crippen LogP contribution in [-0.4, -0.2) is 37.5 Å². The smallest absolute Gasteiger partial charge is 0.246 e. The van der Waals surface area contributed by atoms with Crippen molar-refractivity contribution in [1.82, 2.24) is 8.87 Å². The second-order valence-corrected chi connectivity index (χ2v) is 10.5. The van der Waals surface area contributed by atoms with Crippen LogP contribution in [0.1, 0.15) is 24.1 Å². The molecule has 6 nitrogen and oxygen atoms in total. The molecule has 1 fully saturated rings. The summed E-state index contributed by atoms with van der Waals surface area (Å²) in [5.74, 6) is 0.304. The normalized spacial score (nSPS) is 17.6. The Labute approximate surface area is 187 Å². The lowest BCUT2D eigenvalue weighted by molar-refractivity contribution is 0.247. The predicted molar refractivity (Wildman–Crippen MR) is 122 cm³/mol. The highest BCUT2D eigenvalue weighted by Crippen LogP contribution is 2.44. The van der Waals surface area contributed by atoms with Gasteiger partial charge in [0.1, 0.15) is 10.6 Å². The molecule has 3 heterocycles. The molecule has 8 heteroatoms. The molecule has 1 aromatic heterocycles. The molecule has 2 aromatic carbocycles. The lowest BCUT2D eigenvalue weighted by Crippen LogP contribution is -2.51. The van der Waals surface area contributed by atoms with Crippen LogP contribution >= 0.6 is 11.6 Å². The van der Waals surface area contributed by atoms with Gasteiger partial charge in [0.05, 0.1) is 24.0 Å². The molecule has 0 unspecified atom stereocenters. The maximum Gasteiger partial charge on any atom is 0.246 e. The van der Waals surface area contributed by atoms with Crippen molar-refractivity contribution < 1.29 is 13.2 Å². The summed E-state index contributed by atoms with van der Waals surface area (Å²) in [6, 6.07) is 15.2. The van der Waals surface area contributed by atoms with Crippen LogP contribution in [0, 0.1) is 6.92 Å². The molecule has 162 valence electrons. The van der Waals surface area contributed by atoms with E-state index >= 15 is 0 Å². The number of ether oxygens (including phenoxy) is 1. The Bertz CT molecular complexity index is 1260. The van der Waals surface area contributed by atoms with Gasteiger partial charge in [-0.25, -0.2) is 8.42 Å². The molecule has 2 aliphatic heterocycles. The Morgan fingerprint density at radius 3 is 2.61 bits per heavy atom. The monoisotopic (exact) mass is 457 g/mol. The van der Waals surface area contributed by atoms with E-state index in [1.165, 1.54) is 28.7 Å². The summed E-state index contributed by atoms with van der Waals surface area (Å²) in [5, 5.41) is 4.12. The molecule has 0 radical (unpaired) electrons. The molecular formula is C23H24ClN3O3S. The molecule has 0 aliphatic carbocycles. The molecular weight excluding hydrogens is 434 g/mol. The Hall–Kier alpha value is -2.48. The number of halogens is 1. The summed E-state index contributed by atoms with van der Waals surface area (Å²) in [6.07, 6.45) is 3.39. The van der Waals surface area contributed by atoms with Crippen molar-refractivity contribution >= 4 is 27.3 Å². The van der Waals surface area contributed by atoms with E-state index < -0.39 is 10.0 Å². The van der Waals surface area contributed by atoms with E-state index in [0.717, 1.165) is 11.4 Å². The number of benzene rings is 2. The number of hydrogen-bond acceptors (Lipinski definition) is 4. The fourth-order valence-electron chi connectivity index (χ4n) is 4.74. The fourth-order valence-corrected chi connectivity index (χ4v) is 6.60. The zero-order valence-corrected chi connectivity index (χ0v) is 19.0. The number of fused-ring (bicyclic) bond motifs is 4. The first-order valence-corrected chi connectivity index (χ1v) is 12.1. The average molecular weight is 458 g/mol. The van der Waals surface area contributed by atoms with Gasteiger partial charge in [-0.3, -0.25) is 0 Å².